The molecule has 2 aliphatic heterocycles. The molecule has 3 aromatic rings. The highest BCUT2D eigenvalue weighted by Crippen LogP contribution is 2.25. The number of anilines is 1. The Kier molecular flexibility index (Phi) is 10.3. The number of nitrogens with two attached hydrogens (primary N) is 1. The fourth-order valence-corrected chi connectivity index (χ4v) is 7.42. The molecule has 0 aliphatic carbocycles. The van der Waals surface area contributed by atoms with Gasteiger partial charge in [0.1, 0.15) is 5.82 Å². The largest absolute Gasteiger partial charge is 0.324 e. The molecule has 2 aliphatic rings. The normalized spacial score (nSPS) is 20.6. The molecule has 0 radical (unpaired) electrons. The lowest BCUT2D eigenvalue weighted by atomic mass is 10.0. The van der Waals surface area contributed by atoms with Gasteiger partial charge in [0.05, 0.1) is 24.6 Å². The van der Waals surface area contributed by atoms with Crippen molar-refractivity contribution in [2.24, 2.45) is 5.73 Å². The van der Waals surface area contributed by atoms with Crippen LogP contribution in [0, 0.1) is 5.82 Å². The summed E-state index contributed by atoms with van der Waals surface area (Å²) in [5.41, 5.74) is 8.83. The van der Waals surface area contributed by atoms with Crippen LogP contribution >= 0.6 is 0 Å². The molecule has 5 rings (SSSR count). The Bertz CT molecular complexity index is 1580. The molecule has 2 N–H and O–H groups in total. The number of benzene rings is 3. The van der Waals surface area contributed by atoms with E-state index < -0.39 is 21.7 Å². The Hall–Kier alpha value is -3.64. The molecule has 2 fully saturated rings. The molecule has 45 heavy (non-hydrogen) atoms. The summed E-state index contributed by atoms with van der Waals surface area (Å²) in [6.45, 7) is 7.93. The zero-order chi connectivity index (χ0) is 32.1. The summed E-state index contributed by atoms with van der Waals surface area (Å²) >= 11 is 0. The third-order valence-electron chi connectivity index (χ3n) is 8.77. The van der Waals surface area contributed by atoms with Crippen molar-refractivity contribution in [1.29, 1.82) is 0 Å². The van der Waals surface area contributed by atoms with Crippen LogP contribution in [0.2, 0.25) is 0 Å². The van der Waals surface area contributed by atoms with Gasteiger partial charge >= 0.3 is 6.03 Å². The minimum Gasteiger partial charge on any atom is -0.324 e. The number of rotatable bonds is 9. The Morgan fingerprint density at radius 1 is 0.889 bits per heavy atom. The van der Waals surface area contributed by atoms with E-state index in [1.807, 2.05) is 30.3 Å². The van der Waals surface area contributed by atoms with Crippen molar-refractivity contribution in [3.63, 3.8) is 0 Å². The van der Waals surface area contributed by atoms with Crippen molar-refractivity contribution in [2.75, 3.05) is 49.1 Å². The van der Waals surface area contributed by atoms with Crippen LogP contribution in [-0.2, 0) is 29.5 Å². The van der Waals surface area contributed by atoms with Crippen molar-refractivity contribution in [3.8, 4) is 0 Å². The molecule has 11 heteroatoms. The maximum Gasteiger partial charge on any atom is 0.324 e. The summed E-state index contributed by atoms with van der Waals surface area (Å²) in [4.78, 5) is 33.7. The van der Waals surface area contributed by atoms with E-state index in [9.17, 15) is 18.0 Å². The molecular weight excluding hydrogens is 593 g/mol. The topological polar surface area (TPSA) is 107 Å². The first-order chi connectivity index (χ1) is 21.5. The Morgan fingerprint density at radius 3 is 2.11 bits per heavy atom. The minimum atomic E-state index is -3.19. The van der Waals surface area contributed by atoms with Gasteiger partial charge in [0, 0.05) is 68.2 Å². The number of urea groups is 1. The van der Waals surface area contributed by atoms with E-state index in [0.717, 1.165) is 37.8 Å². The van der Waals surface area contributed by atoms with Gasteiger partial charge in [-0.3, -0.25) is 19.5 Å². The fourth-order valence-electron chi connectivity index (χ4n) is 6.22. The molecule has 0 aromatic heterocycles. The number of sulfone groups is 1. The van der Waals surface area contributed by atoms with Crippen molar-refractivity contribution in [1.82, 2.24) is 14.7 Å². The lowest BCUT2D eigenvalue weighted by Crippen LogP contribution is -2.55. The highest BCUT2D eigenvalue weighted by Gasteiger charge is 2.31. The summed E-state index contributed by atoms with van der Waals surface area (Å²) in [6, 6.07) is 22.7. The summed E-state index contributed by atoms with van der Waals surface area (Å²) in [6.07, 6.45) is 0. The average Bonchev–Trinajstić information content (AvgIpc) is 3.02. The van der Waals surface area contributed by atoms with Gasteiger partial charge in [-0.15, -0.1) is 0 Å². The molecule has 0 saturated carbocycles. The van der Waals surface area contributed by atoms with Gasteiger partial charge in [-0.25, -0.2) is 17.6 Å². The molecule has 2 heterocycles. The van der Waals surface area contributed by atoms with E-state index >= 15 is 4.39 Å². The van der Waals surface area contributed by atoms with Crippen molar-refractivity contribution < 1.29 is 22.4 Å². The lowest BCUT2D eigenvalue weighted by molar-refractivity contribution is 0.0290. The number of amides is 2. The van der Waals surface area contributed by atoms with Gasteiger partial charge in [0.2, 0.25) is 0 Å². The molecule has 2 amide bonds. The van der Waals surface area contributed by atoms with Crippen LogP contribution in [0.1, 0.15) is 40.9 Å². The number of carbonyl (C=O) groups is 2. The second-order valence-corrected chi connectivity index (χ2v) is 14.5. The number of piperazine rings is 1. The van der Waals surface area contributed by atoms with Crippen LogP contribution < -0.4 is 10.6 Å². The number of hydrogen-bond acceptors (Lipinski definition) is 7. The van der Waals surface area contributed by atoms with Crippen LogP contribution in [-0.4, -0.2) is 91.2 Å². The maximum atomic E-state index is 15.1. The molecule has 0 spiro atoms. The number of carbonyl (C=O) groups excluding carboxylic acids is 2. The van der Waals surface area contributed by atoms with Crippen molar-refractivity contribution in [2.45, 2.75) is 45.6 Å². The lowest BCUT2D eigenvalue weighted by Gasteiger charge is -2.44. The Labute approximate surface area is 265 Å². The number of halogens is 1. The third kappa shape index (κ3) is 8.15. The van der Waals surface area contributed by atoms with Gasteiger partial charge in [0.15, 0.2) is 15.6 Å². The van der Waals surface area contributed by atoms with Gasteiger partial charge in [0.25, 0.3) is 0 Å². The van der Waals surface area contributed by atoms with E-state index in [1.54, 1.807) is 0 Å². The van der Waals surface area contributed by atoms with Gasteiger partial charge in [-0.1, -0.05) is 54.6 Å². The third-order valence-corrected chi connectivity index (χ3v) is 10.4. The number of hydrogen-bond donors (Lipinski definition) is 1. The predicted molar refractivity (Wildman–Crippen MR) is 174 cm³/mol. The molecule has 2 atom stereocenters. The van der Waals surface area contributed by atoms with Crippen molar-refractivity contribution >= 4 is 27.3 Å². The first-order valence-corrected chi connectivity index (χ1v) is 17.2. The van der Waals surface area contributed by atoms with Gasteiger partial charge < -0.3 is 10.6 Å². The molecule has 240 valence electrons. The minimum absolute atomic E-state index is 0.0782. The Morgan fingerprint density at radius 2 is 1.51 bits per heavy atom. The van der Waals surface area contributed by atoms with Crippen molar-refractivity contribution in [3.05, 3.63) is 101 Å². The zero-order valence-corrected chi connectivity index (χ0v) is 26.8. The first-order valence-electron chi connectivity index (χ1n) is 15.4. The smallest absolute Gasteiger partial charge is 0.324 e. The van der Waals surface area contributed by atoms with Crippen LogP contribution in [0.25, 0.3) is 0 Å². The molecule has 3 aromatic carbocycles. The van der Waals surface area contributed by atoms with E-state index in [-0.39, 0.29) is 54.6 Å². The number of ketones is 1. The SMILES string of the molecule is C[C@@H]1CN(Cc2ccc(N(Cc3ccc(C(=O)CN)cc3F)C(=O)N3CCS(=O)(=O)CC3)cc2)C[C@H](C)N1Cc1ccccc1. The second kappa shape index (κ2) is 14.2. The predicted octanol–water partition coefficient (Wildman–Crippen LogP) is 3.92. The highest BCUT2D eigenvalue weighted by atomic mass is 32.2. The number of Topliss-reactive ketones (excluding diaryl/α,β-unsaturated/α-hetero) is 1. The van der Waals surface area contributed by atoms with E-state index in [4.69, 9.17) is 5.73 Å². The Balaban J connectivity index is 1.30. The summed E-state index contributed by atoms with van der Waals surface area (Å²) in [7, 11) is -3.19. The quantitative estimate of drug-likeness (QED) is 0.356. The molecule has 0 bridgehead atoms. The average molecular weight is 636 g/mol. The number of nitrogens with zero attached hydrogens (tertiary/aromatic N) is 4. The monoisotopic (exact) mass is 635 g/mol. The zero-order valence-electron chi connectivity index (χ0n) is 25.9. The molecule has 9 nitrogen and oxygen atoms in total. The van der Waals surface area contributed by atoms with Crippen LogP contribution in [0.3, 0.4) is 0 Å². The van der Waals surface area contributed by atoms with Crippen LogP contribution in [0.4, 0.5) is 14.9 Å². The van der Waals surface area contributed by atoms with Gasteiger partial charge in [-0.2, -0.15) is 0 Å². The highest BCUT2D eigenvalue weighted by molar-refractivity contribution is 7.91. The van der Waals surface area contributed by atoms with E-state index in [2.05, 4.69) is 47.9 Å². The first kappa shape index (κ1) is 32.7. The summed E-state index contributed by atoms with van der Waals surface area (Å²) in [5.74, 6) is -1.20. The molecule has 0 unspecified atom stereocenters. The molecule has 2 saturated heterocycles. The maximum absolute atomic E-state index is 15.1. The summed E-state index contributed by atoms with van der Waals surface area (Å²) < 4.78 is 39.1. The summed E-state index contributed by atoms with van der Waals surface area (Å²) in [5, 5.41) is 0. The van der Waals surface area contributed by atoms with Crippen LogP contribution in [0.5, 0.6) is 0 Å². The van der Waals surface area contributed by atoms with Gasteiger partial charge in [-0.05, 0) is 43.2 Å². The van der Waals surface area contributed by atoms with Crippen LogP contribution in [0.15, 0.2) is 72.8 Å². The fraction of sp³-hybridized carbons (Fsp3) is 0.412. The second-order valence-electron chi connectivity index (χ2n) is 12.2. The standard InChI is InChI=1S/C34H42FN5O4S/c1-25-20-37(21-26(2)39(25)23-27-6-4-3-5-7-27)22-28-8-12-31(13-9-28)40(34(42)38-14-16-45(43,44)17-15-38)24-30-11-10-29(18-32(30)35)33(41)19-36/h3-13,18,25-26H,14-17,19-24,36H2,1-2H3/t25-,26+. The van der Waals surface area contributed by atoms with E-state index in [1.165, 1.54) is 27.5 Å². The molecular formula is C34H42FN5O4S. The van der Waals surface area contributed by atoms with E-state index in [0.29, 0.717) is 17.8 Å².